The molecule has 114 valence electrons. The highest BCUT2D eigenvalue weighted by Crippen LogP contribution is 2.27. The first-order valence-corrected chi connectivity index (χ1v) is 7.53. The molecule has 7 nitrogen and oxygen atoms in total. The van der Waals surface area contributed by atoms with E-state index in [4.69, 9.17) is 5.73 Å². The molecule has 0 aliphatic rings. The Balaban J connectivity index is 0.00000361. The summed E-state index contributed by atoms with van der Waals surface area (Å²) in [6.07, 6.45) is 0. The fraction of sp³-hybridized carbons (Fsp3) is 0.400. The number of hydrogen-bond donors (Lipinski definition) is 2. The van der Waals surface area contributed by atoms with Gasteiger partial charge in [0.25, 0.3) is 5.69 Å². The molecule has 0 saturated carbocycles. The summed E-state index contributed by atoms with van der Waals surface area (Å²) >= 11 is 3.06. The number of rotatable bonds is 5. The van der Waals surface area contributed by atoms with Crippen molar-refractivity contribution < 1.29 is 13.3 Å². The van der Waals surface area contributed by atoms with Crippen LogP contribution in [0.25, 0.3) is 0 Å². The maximum atomic E-state index is 12.0. The van der Waals surface area contributed by atoms with Crippen LogP contribution in [0.2, 0.25) is 0 Å². The van der Waals surface area contributed by atoms with E-state index in [2.05, 4.69) is 20.7 Å². The van der Waals surface area contributed by atoms with Gasteiger partial charge in [-0.1, -0.05) is 15.9 Å². The number of nitrogens with zero attached hydrogens (tertiary/aromatic N) is 1. The number of nitro groups is 1. The topological polar surface area (TPSA) is 115 Å². The van der Waals surface area contributed by atoms with Crippen molar-refractivity contribution in [2.75, 3.05) is 6.54 Å². The minimum absolute atomic E-state index is 0. The van der Waals surface area contributed by atoms with Crippen molar-refractivity contribution in [1.82, 2.24) is 4.72 Å². The molecule has 20 heavy (non-hydrogen) atoms. The Bertz CT molecular complexity index is 601. The number of nitrogens with one attached hydrogen (secondary N) is 1. The molecule has 1 aromatic rings. The Kier molecular flexibility index (Phi) is 6.56. The third kappa shape index (κ3) is 5.33. The summed E-state index contributed by atoms with van der Waals surface area (Å²) in [5.74, 6) is 0. The van der Waals surface area contributed by atoms with Gasteiger partial charge in [0.1, 0.15) is 0 Å². The van der Waals surface area contributed by atoms with Gasteiger partial charge < -0.3 is 5.73 Å². The Morgan fingerprint density at radius 3 is 2.45 bits per heavy atom. The summed E-state index contributed by atoms with van der Waals surface area (Å²) in [6.45, 7) is 3.26. The smallest absolute Gasteiger partial charge is 0.290 e. The first kappa shape index (κ1) is 19.3. The van der Waals surface area contributed by atoms with Crippen LogP contribution in [0.4, 0.5) is 5.69 Å². The first-order chi connectivity index (χ1) is 8.53. The molecule has 3 N–H and O–H groups in total. The van der Waals surface area contributed by atoms with Crippen molar-refractivity contribution in [1.29, 1.82) is 0 Å². The molecule has 0 fully saturated rings. The van der Waals surface area contributed by atoms with Crippen LogP contribution < -0.4 is 10.5 Å². The van der Waals surface area contributed by atoms with E-state index < -0.39 is 26.2 Å². The standard InChI is InChI=1S/C10H14BrN3O4S.ClH/c1-10(2,12)6-13-19(17,18)9-4-3-7(11)5-8(9)14(15)16;/h3-5,13H,6,12H2,1-2H3;1H. The Hall–Kier alpha value is -0.740. The quantitative estimate of drug-likeness (QED) is 0.589. The number of sulfonamides is 1. The van der Waals surface area contributed by atoms with Crippen LogP contribution >= 0.6 is 28.3 Å². The summed E-state index contributed by atoms with van der Waals surface area (Å²) in [4.78, 5) is 9.76. The normalized spacial score (nSPS) is 11.8. The summed E-state index contributed by atoms with van der Waals surface area (Å²) in [6, 6.07) is 3.74. The average molecular weight is 389 g/mol. The van der Waals surface area contributed by atoms with Crippen molar-refractivity contribution in [2.45, 2.75) is 24.3 Å². The molecule has 1 rings (SSSR count). The van der Waals surface area contributed by atoms with Gasteiger partial charge in [-0.25, -0.2) is 13.1 Å². The van der Waals surface area contributed by atoms with Crippen molar-refractivity contribution in [3.05, 3.63) is 32.8 Å². The highest BCUT2D eigenvalue weighted by Gasteiger charge is 2.27. The Morgan fingerprint density at radius 2 is 2.00 bits per heavy atom. The molecule has 0 unspecified atom stereocenters. The Morgan fingerprint density at radius 1 is 1.45 bits per heavy atom. The van der Waals surface area contributed by atoms with Gasteiger partial charge in [0.15, 0.2) is 4.90 Å². The third-order valence-electron chi connectivity index (χ3n) is 2.13. The van der Waals surface area contributed by atoms with Gasteiger partial charge in [0.05, 0.1) is 4.92 Å². The highest BCUT2D eigenvalue weighted by atomic mass is 79.9. The van der Waals surface area contributed by atoms with Crippen LogP contribution in [-0.2, 0) is 10.0 Å². The molecule has 0 aromatic heterocycles. The molecule has 0 amide bonds. The summed E-state index contributed by atoms with van der Waals surface area (Å²) in [5, 5.41) is 10.9. The van der Waals surface area contributed by atoms with Crippen molar-refractivity contribution in [2.24, 2.45) is 5.73 Å². The minimum Gasteiger partial charge on any atom is -0.324 e. The van der Waals surface area contributed by atoms with Gasteiger partial charge in [-0.2, -0.15) is 0 Å². The van der Waals surface area contributed by atoms with Crippen molar-refractivity contribution in [3.63, 3.8) is 0 Å². The molecule has 0 saturated heterocycles. The van der Waals surface area contributed by atoms with Crippen LogP contribution in [0, 0.1) is 10.1 Å². The number of hydrogen-bond acceptors (Lipinski definition) is 5. The van der Waals surface area contributed by atoms with E-state index >= 15 is 0 Å². The molecule has 0 radical (unpaired) electrons. The van der Waals surface area contributed by atoms with Gasteiger partial charge in [-0.15, -0.1) is 12.4 Å². The highest BCUT2D eigenvalue weighted by molar-refractivity contribution is 9.10. The second-order valence-electron chi connectivity index (χ2n) is 4.68. The third-order valence-corrected chi connectivity index (χ3v) is 4.07. The van der Waals surface area contributed by atoms with Gasteiger partial charge >= 0.3 is 0 Å². The van der Waals surface area contributed by atoms with Crippen LogP contribution in [0.15, 0.2) is 27.6 Å². The molecule has 0 aliphatic heterocycles. The van der Waals surface area contributed by atoms with Crippen LogP contribution in [0.5, 0.6) is 0 Å². The van der Waals surface area contributed by atoms with Crippen LogP contribution in [-0.4, -0.2) is 25.4 Å². The molecular formula is C10H15BrClN3O4S. The van der Waals surface area contributed by atoms with E-state index in [1.54, 1.807) is 13.8 Å². The van der Waals surface area contributed by atoms with Crippen molar-refractivity contribution in [3.8, 4) is 0 Å². The monoisotopic (exact) mass is 387 g/mol. The van der Waals surface area contributed by atoms with E-state index in [1.807, 2.05) is 0 Å². The maximum Gasteiger partial charge on any atom is 0.290 e. The largest absolute Gasteiger partial charge is 0.324 e. The SMILES string of the molecule is CC(C)(N)CNS(=O)(=O)c1ccc(Br)cc1[N+](=O)[O-].Cl. The van der Waals surface area contributed by atoms with E-state index in [0.29, 0.717) is 4.47 Å². The lowest BCUT2D eigenvalue weighted by Gasteiger charge is -2.18. The lowest BCUT2D eigenvalue weighted by Crippen LogP contribution is -2.45. The lowest BCUT2D eigenvalue weighted by molar-refractivity contribution is -0.387. The Labute approximate surface area is 131 Å². The van der Waals surface area contributed by atoms with Gasteiger partial charge in [-0.3, -0.25) is 10.1 Å². The average Bonchev–Trinajstić information content (AvgIpc) is 2.25. The molecular weight excluding hydrogens is 374 g/mol. The zero-order valence-corrected chi connectivity index (χ0v) is 14.0. The molecule has 1 aromatic carbocycles. The number of halogens is 2. The molecule has 10 heteroatoms. The van der Waals surface area contributed by atoms with E-state index in [1.165, 1.54) is 12.1 Å². The summed E-state index contributed by atoms with van der Waals surface area (Å²) in [5.41, 5.74) is 4.43. The molecule has 0 spiro atoms. The van der Waals surface area contributed by atoms with Gasteiger partial charge in [0.2, 0.25) is 10.0 Å². The molecule has 0 heterocycles. The van der Waals surface area contributed by atoms with E-state index in [0.717, 1.165) is 6.07 Å². The number of benzene rings is 1. The van der Waals surface area contributed by atoms with Gasteiger partial charge in [0, 0.05) is 22.6 Å². The molecule has 0 bridgehead atoms. The van der Waals surface area contributed by atoms with Gasteiger partial charge in [-0.05, 0) is 26.0 Å². The number of nitrogens with two attached hydrogens (primary N) is 1. The molecule has 0 aliphatic carbocycles. The fourth-order valence-corrected chi connectivity index (χ4v) is 2.94. The summed E-state index contributed by atoms with van der Waals surface area (Å²) in [7, 11) is -3.98. The lowest BCUT2D eigenvalue weighted by atomic mass is 10.1. The minimum atomic E-state index is -3.98. The van der Waals surface area contributed by atoms with E-state index in [9.17, 15) is 18.5 Å². The maximum absolute atomic E-state index is 12.0. The second kappa shape index (κ2) is 6.81. The van der Waals surface area contributed by atoms with Crippen molar-refractivity contribution >= 4 is 44.0 Å². The second-order valence-corrected chi connectivity index (χ2v) is 7.33. The van der Waals surface area contributed by atoms with Crippen LogP contribution in [0.3, 0.4) is 0 Å². The predicted octanol–water partition coefficient (Wildman–Crippen LogP) is 1.79. The zero-order valence-electron chi connectivity index (χ0n) is 10.8. The summed E-state index contributed by atoms with van der Waals surface area (Å²) < 4.78 is 26.7. The van der Waals surface area contributed by atoms with E-state index in [-0.39, 0.29) is 23.8 Å². The first-order valence-electron chi connectivity index (χ1n) is 5.25. The molecule has 0 atom stereocenters. The fourth-order valence-electron chi connectivity index (χ4n) is 1.22. The van der Waals surface area contributed by atoms with Crippen LogP contribution in [0.1, 0.15) is 13.8 Å². The number of nitro benzene ring substituents is 1. The predicted molar refractivity (Wildman–Crippen MR) is 81.5 cm³/mol. The zero-order chi connectivity index (χ0) is 14.8.